The minimum Gasteiger partial charge on any atom is -0.467 e. The quantitative estimate of drug-likeness (QED) is 0.803. The van der Waals surface area contributed by atoms with Crippen LogP contribution < -0.4 is 5.32 Å². The summed E-state index contributed by atoms with van der Waals surface area (Å²) in [6.07, 6.45) is 4.90. The molecule has 22 heavy (non-hydrogen) atoms. The van der Waals surface area contributed by atoms with Crippen molar-refractivity contribution in [3.8, 4) is 0 Å². The summed E-state index contributed by atoms with van der Waals surface area (Å²) in [5, 5.41) is 8.05. The van der Waals surface area contributed by atoms with Gasteiger partial charge in [0.05, 0.1) is 24.1 Å². The molecule has 0 saturated carbocycles. The van der Waals surface area contributed by atoms with Crippen molar-refractivity contribution in [2.75, 3.05) is 0 Å². The van der Waals surface area contributed by atoms with Gasteiger partial charge in [0, 0.05) is 17.6 Å². The van der Waals surface area contributed by atoms with Gasteiger partial charge in [0.2, 0.25) is 0 Å². The predicted molar refractivity (Wildman–Crippen MR) is 82.5 cm³/mol. The van der Waals surface area contributed by atoms with E-state index in [2.05, 4.69) is 15.4 Å². The summed E-state index contributed by atoms with van der Waals surface area (Å²) in [5.74, 6) is 0.533. The summed E-state index contributed by atoms with van der Waals surface area (Å²) in [5.41, 5.74) is 1.29. The van der Waals surface area contributed by atoms with E-state index < -0.39 is 0 Å². The Kier molecular flexibility index (Phi) is 3.66. The van der Waals surface area contributed by atoms with Crippen molar-refractivity contribution < 1.29 is 9.21 Å². The number of hydrogen-bond acceptors (Lipinski definition) is 4. The van der Waals surface area contributed by atoms with E-state index in [1.165, 1.54) is 0 Å². The zero-order valence-electron chi connectivity index (χ0n) is 12.8. The summed E-state index contributed by atoms with van der Waals surface area (Å²) >= 11 is 0. The molecule has 0 aliphatic heterocycles. The smallest absolute Gasteiger partial charge is 0.253 e. The number of pyridine rings is 1. The van der Waals surface area contributed by atoms with Crippen LogP contribution in [0.1, 0.15) is 49.0 Å². The lowest BCUT2D eigenvalue weighted by Crippen LogP contribution is -2.26. The van der Waals surface area contributed by atoms with Crippen LogP contribution in [0.15, 0.2) is 41.3 Å². The highest BCUT2D eigenvalue weighted by atomic mass is 16.3. The summed E-state index contributed by atoms with van der Waals surface area (Å²) in [6.45, 7) is 5.96. The SMILES string of the molecule is CC(NC(=O)c1cnc2c(cnn2C(C)C)c1)c1ccco1. The molecule has 6 heteroatoms. The molecule has 3 aromatic rings. The average Bonchev–Trinajstić information content (AvgIpc) is 3.15. The Morgan fingerprint density at radius 1 is 1.32 bits per heavy atom. The van der Waals surface area contributed by atoms with E-state index >= 15 is 0 Å². The molecular formula is C16H18N4O2. The Labute approximate surface area is 128 Å². The van der Waals surface area contributed by atoms with Crippen LogP contribution in [0, 0.1) is 0 Å². The molecule has 1 amide bonds. The molecule has 1 N–H and O–H groups in total. The molecule has 0 aromatic carbocycles. The second-order valence-electron chi connectivity index (χ2n) is 5.53. The largest absolute Gasteiger partial charge is 0.467 e. The van der Waals surface area contributed by atoms with E-state index in [1.54, 1.807) is 30.8 Å². The van der Waals surface area contributed by atoms with E-state index in [-0.39, 0.29) is 18.0 Å². The molecular weight excluding hydrogens is 280 g/mol. The summed E-state index contributed by atoms with van der Waals surface area (Å²) in [4.78, 5) is 16.7. The molecule has 0 spiro atoms. The van der Waals surface area contributed by atoms with Crippen LogP contribution in [0.25, 0.3) is 11.0 Å². The molecule has 114 valence electrons. The van der Waals surface area contributed by atoms with Gasteiger partial charge in [-0.05, 0) is 39.0 Å². The first kappa shape index (κ1) is 14.3. The lowest BCUT2D eigenvalue weighted by atomic mass is 10.2. The second kappa shape index (κ2) is 5.63. The normalized spacial score (nSPS) is 12.7. The molecule has 6 nitrogen and oxygen atoms in total. The van der Waals surface area contributed by atoms with Gasteiger partial charge in [-0.25, -0.2) is 9.67 Å². The third-order valence-corrected chi connectivity index (χ3v) is 3.50. The van der Waals surface area contributed by atoms with Gasteiger partial charge in [0.1, 0.15) is 5.76 Å². The van der Waals surface area contributed by atoms with Gasteiger partial charge in [0.15, 0.2) is 5.65 Å². The first-order valence-electron chi connectivity index (χ1n) is 7.24. The van der Waals surface area contributed by atoms with Crippen molar-refractivity contribution in [2.45, 2.75) is 32.9 Å². The van der Waals surface area contributed by atoms with Gasteiger partial charge < -0.3 is 9.73 Å². The lowest BCUT2D eigenvalue weighted by Gasteiger charge is -2.11. The highest BCUT2D eigenvalue weighted by molar-refractivity contribution is 5.97. The molecule has 3 rings (SSSR count). The van der Waals surface area contributed by atoms with Crippen molar-refractivity contribution in [3.05, 3.63) is 48.2 Å². The van der Waals surface area contributed by atoms with Crippen LogP contribution in [0.3, 0.4) is 0 Å². The Hall–Kier alpha value is -2.63. The van der Waals surface area contributed by atoms with Gasteiger partial charge in [-0.3, -0.25) is 4.79 Å². The van der Waals surface area contributed by atoms with E-state index in [0.717, 1.165) is 16.8 Å². The highest BCUT2D eigenvalue weighted by Gasteiger charge is 2.15. The molecule has 0 radical (unpaired) electrons. The summed E-state index contributed by atoms with van der Waals surface area (Å²) < 4.78 is 7.12. The number of hydrogen-bond donors (Lipinski definition) is 1. The number of nitrogens with zero attached hydrogens (tertiary/aromatic N) is 3. The number of furan rings is 1. The van der Waals surface area contributed by atoms with E-state index in [9.17, 15) is 4.79 Å². The number of amides is 1. The Morgan fingerprint density at radius 3 is 2.82 bits per heavy atom. The summed E-state index contributed by atoms with van der Waals surface area (Å²) in [6, 6.07) is 5.46. The molecule has 0 bridgehead atoms. The monoisotopic (exact) mass is 298 g/mol. The first-order chi connectivity index (χ1) is 10.6. The predicted octanol–water partition coefficient (Wildman–Crippen LogP) is 3.10. The Bertz CT molecular complexity index is 790. The standard InChI is InChI=1S/C16H18N4O2/c1-10(2)20-15-12(9-18-20)7-13(8-17-15)16(21)19-11(3)14-5-4-6-22-14/h4-11H,1-3H3,(H,19,21). The van der Waals surface area contributed by atoms with Gasteiger partial charge in [-0.15, -0.1) is 0 Å². The molecule has 3 aromatic heterocycles. The fourth-order valence-electron chi connectivity index (χ4n) is 2.33. The van der Waals surface area contributed by atoms with Crippen LogP contribution in [0.4, 0.5) is 0 Å². The molecule has 0 aliphatic carbocycles. The van der Waals surface area contributed by atoms with Crippen LogP contribution in [0.5, 0.6) is 0 Å². The second-order valence-corrected chi connectivity index (χ2v) is 5.53. The average molecular weight is 298 g/mol. The van der Waals surface area contributed by atoms with Gasteiger partial charge in [-0.2, -0.15) is 5.10 Å². The number of aromatic nitrogens is 3. The van der Waals surface area contributed by atoms with Gasteiger partial charge >= 0.3 is 0 Å². The number of carbonyl (C=O) groups excluding carboxylic acids is 1. The molecule has 1 unspecified atom stereocenters. The van der Waals surface area contributed by atoms with E-state index in [4.69, 9.17) is 4.42 Å². The highest BCUT2D eigenvalue weighted by Crippen LogP contribution is 2.18. The van der Waals surface area contributed by atoms with E-state index in [1.807, 2.05) is 31.5 Å². The fraction of sp³-hybridized carbons (Fsp3) is 0.312. The zero-order valence-corrected chi connectivity index (χ0v) is 12.8. The number of rotatable bonds is 4. The lowest BCUT2D eigenvalue weighted by molar-refractivity contribution is 0.0935. The van der Waals surface area contributed by atoms with Crippen molar-refractivity contribution in [2.24, 2.45) is 0 Å². The fourth-order valence-corrected chi connectivity index (χ4v) is 2.33. The maximum atomic E-state index is 12.3. The van der Waals surface area contributed by atoms with Gasteiger partial charge in [-0.1, -0.05) is 0 Å². The Balaban J connectivity index is 1.82. The molecule has 0 saturated heterocycles. The maximum Gasteiger partial charge on any atom is 0.253 e. The molecule has 0 fully saturated rings. The topological polar surface area (TPSA) is 73.0 Å². The zero-order chi connectivity index (χ0) is 15.7. The Morgan fingerprint density at radius 2 is 2.14 bits per heavy atom. The minimum absolute atomic E-state index is 0.185. The van der Waals surface area contributed by atoms with Crippen molar-refractivity contribution in [1.29, 1.82) is 0 Å². The summed E-state index contributed by atoms with van der Waals surface area (Å²) in [7, 11) is 0. The molecule has 1 atom stereocenters. The van der Waals surface area contributed by atoms with Crippen LogP contribution in [-0.4, -0.2) is 20.7 Å². The number of nitrogens with one attached hydrogen (secondary N) is 1. The molecule has 0 aliphatic rings. The molecule has 3 heterocycles. The minimum atomic E-state index is -0.198. The van der Waals surface area contributed by atoms with Crippen molar-refractivity contribution >= 4 is 16.9 Å². The maximum absolute atomic E-state index is 12.3. The third-order valence-electron chi connectivity index (χ3n) is 3.50. The first-order valence-corrected chi connectivity index (χ1v) is 7.24. The number of fused-ring (bicyclic) bond motifs is 1. The number of carbonyl (C=O) groups is 1. The van der Waals surface area contributed by atoms with Gasteiger partial charge in [0.25, 0.3) is 5.91 Å². The van der Waals surface area contributed by atoms with Crippen molar-refractivity contribution in [1.82, 2.24) is 20.1 Å². The van der Waals surface area contributed by atoms with Crippen molar-refractivity contribution in [3.63, 3.8) is 0 Å². The van der Waals surface area contributed by atoms with Crippen LogP contribution in [0.2, 0.25) is 0 Å². The third kappa shape index (κ3) is 2.59. The van der Waals surface area contributed by atoms with E-state index in [0.29, 0.717) is 5.56 Å². The van der Waals surface area contributed by atoms with Crippen LogP contribution in [-0.2, 0) is 0 Å². The van der Waals surface area contributed by atoms with Crippen LogP contribution >= 0.6 is 0 Å².